The Bertz CT molecular complexity index is 653. The van der Waals surface area contributed by atoms with Crippen LogP contribution in [0.15, 0.2) is 30.5 Å². The first-order valence-electron chi connectivity index (χ1n) is 7.21. The van der Waals surface area contributed by atoms with Crippen molar-refractivity contribution in [3.63, 3.8) is 0 Å². The highest BCUT2D eigenvalue weighted by molar-refractivity contribution is 7.99. The molecule has 110 valence electrons. The van der Waals surface area contributed by atoms with Crippen molar-refractivity contribution in [2.24, 2.45) is 0 Å². The Hall–Kier alpha value is -1.75. The number of amides is 1. The third kappa shape index (κ3) is 2.97. The van der Waals surface area contributed by atoms with E-state index < -0.39 is 0 Å². The van der Waals surface area contributed by atoms with Gasteiger partial charge in [-0.3, -0.25) is 9.78 Å². The lowest BCUT2D eigenvalue weighted by Gasteiger charge is -2.20. The van der Waals surface area contributed by atoms with E-state index in [4.69, 9.17) is 0 Å². The number of benzene rings is 1. The second-order valence-electron chi connectivity index (χ2n) is 5.21. The molecule has 0 bridgehead atoms. The van der Waals surface area contributed by atoms with Crippen molar-refractivity contribution >= 4 is 39.9 Å². The molecule has 0 radical (unpaired) electrons. The zero-order chi connectivity index (χ0) is 14.7. The van der Waals surface area contributed by atoms with Gasteiger partial charge in [0.1, 0.15) is 0 Å². The van der Waals surface area contributed by atoms with E-state index in [9.17, 15) is 4.79 Å². The van der Waals surface area contributed by atoms with Crippen LogP contribution in [-0.4, -0.2) is 36.0 Å². The molecule has 0 aliphatic carbocycles. The van der Waals surface area contributed by atoms with Crippen LogP contribution in [0.5, 0.6) is 0 Å². The lowest BCUT2D eigenvalue weighted by Crippen LogP contribution is -2.19. The van der Waals surface area contributed by atoms with Crippen LogP contribution in [-0.2, 0) is 4.79 Å². The number of hydrogen-bond acceptors (Lipinski definition) is 4. The van der Waals surface area contributed by atoms with E-state index in [1.807, 2.05) is 30.7 Å². The van der Waals surface area contributed by atoms with Crippen molar-refractivity contribution in [3.05, 3.63) is 30.5 Å². The number of carbonyl (C=O) groups excluding carboxylic acids is 1. The maximum atomic E-state index is 11.8. The maximum absolute atomic E-state index is 11.8. The number of carbonyl (C=O) groups is 1. The fraction of sp³-hybridized carbons (Fsp3) is 0.375. The van der Waals surface area contributed by atoms with Gasteiger partial charge in [-0.25, -0.2) is 0 Å². The molecule has 1 aliphatic rings. The lowest BCUT2D eigenvalue weighted by atomic mass is 10.1. The minimum atomic E-state index is 0.0292. The number of pyridine rings is 1. The highest BCUT2D eigenvalue weighted by Gasteiger charge is 2.17. The Morgan fingerprint density at radius 2 is 2.14 bits per heavy atom. The summed E-state index contributed by atoms with van der Waals surface area (Å²) in [4.78, 5) is 18.8. The molecular formula is C16H19N3OS. The maximum Gasteiger partial charge on any atom is 0.234 e. The second-order valence-corrected chi connectivity index (χ2v) is 6.07. The van der Waals surface area contributed by atoms with Gasteiger partial charge in [0.05, 0.1) is 22.6 Å². The van der Waals surface area contributed by atoms with Gasteiger partial charge >= 0.3 is 0 Å². The molecule has 4 nitrogen and oxygen atoms in total. The fourth-order valence-corrected chi connectivity index (χ4v) is 3.13. The zero-order valence-corrected chi connectivity index (χ0v) is 12.9. The number of aromatic nitrogens is 1. The van der Waals surface area contributed by atoms with Crippen LogP contribution in [0.2, 0.25) is 0 Å². The van der Waals surface area contributed by atoms with E-state index in [-0.39, 0.29) is 5.91 Å². The van der Waals surface area contributed by atoms with Gasteiger partial charge < -0.3 is 10.2 Å². The van der Waals surface area contributed by atoms with Gasteiger partial charge in [0.25, 0.3) is 0 Å². The third-order valence-corrected chi connectivity index (χ3v) is 4.30. The number of rotatable bonds is 4. The van der Waals surface area contributed by atoms with E-state index >= 15 is 0 Å². The van der Waals surface area contributed by atoms with E-state index in [0.717, 1.165) is 29.7 Å². The van der Waals surface area contributed by atoms with Crippen LogP contribution in [0.25, 0.3) is 10.9 Å². The molecule has 0 atom stereocenters. The summed E-state index contributed by atoms with van der Waals surface area (Å²) in [7, 11) is 0. The average Bonchev–Trinajstić information content (AvgIpc) is 3.02. The summed E-state index contributed by atoms with van der Waals surface area (Å²) in [5, 5.41) is 4.00. The highest BCUT2D eigenvalue weighted by Crippen LogP contribution is 2.32. The molecule has 0 saturated carbocycles. The minimum Gasteiger partial charge on any atom is -0.370 e. The molecular weight excluding hydrogens is 282 g/mol. The Labute approximate surface area is 128 Å². The molecule has 2 aromatic rings. The van der Waals surface area contributed by atoms with Crippen molar-refractivity contribution in [1.82, 2.24) is 4.98 Å². The van der Waals surface area contributed by atoms with E-state index in [1.165, 1.54) is 30.3 Å². The van der Waals surface area contributed by atoms with Gasteiger partial charge in [-0.1, -0.05) is 0 Å². The zero-order valence-electron chi connectivity index (χ0n) is 12.1. The highest BCUT2D eigenvalue weighted by atomic mass is 32.2. The Balaban J connectivity index is 2.00. The largest absolute Gasteiger partial charge is 0.370 e. The predicted octanol–water partition coefficient (Wildman–Crippen LogP) is 3.14. The van der Waals surface area contributed by atoms with Gasteiger partial charge in [0, 0.05) is 24.7 Å². The first-order valence-corrected chi connectivity index (χ1v) is 8.60. The molecule has 1 aliphatic heterocycles. The number of thioether (sulfide) groups is 1. The molecule has 2 heterocycles. The molecule has 0 unspecified atom stereocenters. The molecule has 1 aromatic heterocycles. The monoisotopic (exact) mass is 301 g/mol. The van der Waals surface area contributed by atoms with Crippen molar-refractivity contribution in [3.8, 4) is 0 Å². The van der Waals surface area contributed by atoms with Crippen molar-refractivity contribution < 1.29 is 4.79 Å². The lowest BCUT2D eigenvalue weighted by molar-refractivity contribution is -0.113. The first-order chi connectivity index (χ1) is 10.3. The summed E-state index contributed by atoms with van der Waals surface area (Å²) in [5.41, 5.74) is 2.99. The fourth-order valence-electron chi connectivity index (χ4n) is 2.80. The van der Waals surface area contributed by atoms with Gasteiger partial charge in [-0.15, -0.1) is 0 Å². The number of nitrogens with one attached hydrogen (secondary N) is 1. The summed E-state index contributed by atoms with van der Waals surface area (Å²) in [6.45, 7) is 2.17. The SMILES string of the molecule is CSCC(=O)Nc1ccc(N2CCCC2)c2ncccc12. The topological polar surface area (TPSA) is 45.2 Å². The third-order valence-electron chi connectivity index (χ3n) is 3.74. The van der Waals surface area contributed by atoms with Crippen LogP contribution >= 0.6 is 11.8 Å². The Morgan fingerprint density at radius 3 is 2.90 bits per heavy atom. The summed E-state index contributed by atoms with van der Waals surface area (Å²) in [6, 6.07) is 8.02. The number of fused-ring (bicyclic) bond motifs is 1. The van der Waals surface area contributed by atoms with Gasteiger partial charge in [0.15, 0.2) is 0 Å². The van der Waals surface area contributed by atoms with Crippen molar-refractivity contribution in [2.75, 3.05) is 35.3 Å². The Morgan fingerprint density at radius 1 is 1.33 bits per heavy atom. The van der Waals surface area contributed by atoms with E-state index in [1.54, 1.807) is 0 Å². The summed E-state index contributed by atoms with van der Waals surface area (Å²) in [5.74, 6) is 0.497. The van der Waals surface area contributed by atoms with Gasteiger partial charge in [-0.2, -0.15) is 11.8 Å². The molecule has 1 saturated heterocycles. The van der Waals surface area contributed by atoms with Crippen LogP contribution in [0.4, 0.5) is 11.4 Å². The van der Waals surface area contributed by atoms with Crippen LogP contribution in [0.1, 0.15) is 12.8 Å². The van der Waals surface area contributed by atoms with E-state index in [2.05, 4.69) is 21.3 Å². The smallest absolute Gasteiger partial charge is 0.234 e. The van der Waals surface area contributed by atoms with E-state index in [0.29, 0.717) is 5.75 Å². The molecule has 1 N–H and O–H groups in total. The standard InChI is InChI=1S/C16H19N3OS/c1-21-11-15(20)18-13-6-7-14(19-9-2-3-10-19)16-12(13)5-4-8-17-16/h4-8H,2-3,9-11H2,1H3,(H,18,20). The number of nitrogens with zero attached hydrogens (tertiary/aromatic N) is 2. The van der Waals surface area contributed by atoms with Gasteiger partial charge in [0.2, 0.25) is 5.91 Å². The average molecular weight is 301 g/mol. The molecule has 3 rings (SSSR count). The minimum absolute atomic E-state index is 0.0292. The Kier molecular flexibility index (Phi) is 4.29. The molecule has 1 amide bonds. The van der Waals surface area contributed by atoms with Crippen LogP contribution in [0, 0.1) is 0 Å². The first kappa shape index (κ1) is 14.2. The van der Waals surface area contributed by atoms with Crippen LogP contribution in [0.3, 0.4) is 0 Å². The molecule has 5 heteroatoms. The number of anilines is 2. The molecule has 0 spiro atoms. The molecule has 1 aromatic carbocycles. The van der Waals surface area contributed by atoms with Crippen molar-refractivity contribution in [2.45, 2.75) is 12.8 Å². The summed E-state index contributed by atoms with van der Waals surface area (Å²) < 4.78 is 0. The van der Waals surface area contributed by atoms with Crippen LogP contribution < -0.4 is 10.2 Å². The summed E-state index contributed by atoms with van der Waals surface area (Å²) >= 11 is 1.52. The number of hydrogen-bond donors (Lipinski definition) is 1. The van der Waals surface area contributed by atoms with Crippen molar-refractivity contribution in [1.29, 1.82) is 0 Å². The predicted molar refractivity (Wildman–Crippen MR) is 90.2 cm³/mol. The second kappa shape index (κ2) is 6.35. The molecule has 21 heavy (non-hydrogen) atoms. The quantitative estimate of drug-likeness (QED) is 0.942. The van der Waals surface area contributed by atoms with Gasteiger partial charge in [-0.05, 0) is 43.4 Å². The summed E-state index contributed by atoms with van der Waals surface area (Å²) in [6.07, 6.45) is 6.21. The normalized spacial score (nSPS) is 14.6. The molecule has 1 fully saturated rings.